The summed E-state index contributed by atoms with van der Waals surface area (Å²) >= 11 is 0. The van der Waals surface area contributed by atoms with Crippen molar-refractivity contribution in [2.75, 3.05) is 5.32 Å². The minimum absolute atomic E-state index is 0.0379. The second-order valence-electron chi connectivity index (χ2n) is 9.35. The van der Waals surface area contributed by atoms with Gasteiger partial charge in [0.15, 0.2) is 0 Å². The molecular formula is C29H21FN6O. The standard InChI is InChI=1S/C29H21FN6O/c30-19-4-1-3-17(11-19)21-5-2-6-24-22(21)13-26(33-24)28-27-25(35-36-28)10-9-23(34-27)18-12-20(15-31-14-18)32-29(37)16-7-8-16/h1-6,9-16,33H,7-8H2,(H,32,37)(H,35,36). The van der Waals surface area contributed by atoms with Crippen LogP contribution in [0.2, 0.25) is 0 Å². The summed E-state index contributed by atoms with van der Waals surface area (Å²) in [5, 5.41) is 11.5. The summed E-state index contributed by atoms with van der Waals surface area (Å²) in [6.45, 7) is 0. The number of fused-ring (bicyclic) bond motifs is 2. The lowest BCUT2D eigenvalue weighted by Gasteiger charge is -2.06. The molecule has 0 aliphatic heterocycles. The van der Waals surface area contributed by atoms with Crippen LogP contribution in [-0.2, 0) is 4.79 Å². The number of aromatic amines is 2. The van der Waals surface area contributed by atoms with Gasteiger partial charge in [0.1, 0.15) is 17.0 Å². The fraction of sp³-hybridized carbons (Fsp3) is 0.103. The van der Waals surface area contributed by atoms with Gasteiger partial charge in [0.2, 0.25) is 5.91 Å². The predicted molar refractivity (Wildman–Crippen MR) is 141 cm³/mol. The van der Waals surface area contributed by atoms with Crippen molar-refractivity contribution in [1.82, 2.24) is 25.1 Å². The van der Waals surface area contributed by atoms with E-state index in [1.807, 2.05) is 48.5 Å². The van der Waals surface area contributed by atoms with E-state index in [4.69, 9.17) is 4.98 Å². The molecule has 4 heterocycles. The van der Waals surface area contributed by atoms with E-state index >= 15 is 0 Å². The Kier molecular flexibility index (Phi) is 4.85. The summed E-state index contributed by atoms with van der Waals surface area (Å²) < 4.78 is 13.9. The molecule has 0 radical (unpaired) electrons. The van der Waals surface area contributed by atoms with Gasteiger partial charge in [-0.2, -0.15) is 5.10 Å². The molecule has 4 aromatic heterocycles. The van der Waals surface area contributed by atoms with Gasteiger partial charge in [-0.15, -0.1) is 0 Å². The van der Waals surface area contributed by atoms with Gasteiger partial charge in [0.05, 0.1) is 28.8 Å². The molecule has 0 unspecified atom stereocenters. The van der Waals surface area contributed by atoms with Crippen molar-refractivity contribution in [3.63, 3.8) is 0 Å². The van der Waals surface area contributed by atoms with Crippen LogP contribution in [0.1, 0.15) is 12.8 Å². The quantitative estimate of drug-likeness (QED) is 0.264. The number of nitrogens with one attached hydrogen (secondary N) is 3. The highest BCUT2D eigenvalue weighted by Crippen LogP contribution is 2.35. The van der Waals surface area contributed by atoms with Crippen molar-refractivity contribution in [3.05, 3.63) is 84.9 Å². The molecule has 0 spiro atoms. The van der Waals surface area contributed by atoms with E-state index in [0.717, 1.165) is 57.3 Å². The smallest absolute Gasteiger partial charge is 0.227 e. The maximum Gasteiger partial charge on any atom is 0.227 e. The van der Waals surface area contributed by atoms with E-state index in [1.54, 1.807) is 18.5 Å². The minimum atomic E-state index is -0.272. The number of rotatable bonds is 5. The molecule has 3 N–H and O–H groups in total. The SMILES string of the molecule is O=C(Nc1cncc(-c2ccc3[nH]nc(-c4cc5c(-c6cccc(F)c6)cccc5[nH]4)c3n2)c1)C1CC1. The third-order valence-corrected chi connectivity index (χ3v) is 6.71. The number of H-pyrrole nitrogens is 2. The average Bonchev–Trinajstić information content (AvgIpc) is 3.55. The Labute approximate surface area is 210 Å². The van der Waals surface area contributed by atoms with Crippen molar-refractivity contribution in [2.45, 2.75) is 12.8 Å². The fourth-order valence-electron chi connectivity index (χ4n) is 4.68. The largest absolute Gasteiger partial charge is 0.353 e. The van der Waals surface area contributed by atoms with Gasteiger partial charge in [0.25, 0.3) is 0 Å². The number of hydrogen-bond acceptors (Lipinski definition) is 4. The molecule has 1 aliphatic carbocycles. The summed E-state index contributed by atoms with van der Waals surface area (Å²) in [6, 6.07) is 20.3. The molecule has 37 heavy (non-hydrogen) atoms. The Hall–Kier alpha value is -4.85. The normalized spacial score (nSPS) is 13.3. The lowest BCUT2D eigenvalue weighted by molar-refractivity contribution is -0.117. The van der Waals surface area contributed by atoms with E-state index in [-0.39, 0.29) is 17.6 Å². The van der Waals surface area contributed by atoms with Gasteiger partial charge < -0.3 is 10.3 Å². The highest BCUT2D eigenvalue weighted by atomic mass is 19.1. The number of amides is 1. The van der Waals surface area contributed by atoms with E-state index in [2.05, 4.69) is 25.5 Å². The molecule has 1 aliphatic rings. The Morgan fingerprint density at radius 1 is 0.946 bits per heavy atom. The molecule has 7 rings (SSSR count). The summed E-state index contributed by atoms with van der Waals surface area (Å²) in [4.78, 5) is 24.8. The Balaban J connectivity index is 1.28. The number of anilines is 1. The molecule has 180 valence electrons. The second-order valence-corrected chi connectivity index (χ2v) is 9.35. The first-order chi connectivity index (χ1) is 18.1. The lowest BCUT2D eigenvalue weighted by Crippen LogP contribution is -2.13. The van der Waals surface area contributed by atoms with Crippen LogP contribution in [0.15, 0.2) is 79.1 Å². The van der Waals surface area contributed by atoms with Crippen molar-refractivity contribution in [1.29, 1.82) is 0 Å². The topological polar surface area (TPSA) is 99.4 Å². The highest BCUT2D eigenvalue weighted by Gasteiger charge is 2.29. The van der Waals surface area contributed by atoms with Crippen LogP contribution >= 0.6 is 0 Å². The molecule has 7 nitrogen and oxygen atoms in total. The summed E-state index contributed by atoms with van der Waals surface area (Å²) in [5.74, 6) is -0.119. The summed E-state index contributed by atoms with van der Waals surface area (Å²) in [5.41, 5.74) is 7.85. The Morgan fingerprint density at radius 2 is 1.84 bits per heavy atom. The number of nitrogens with zero attached hydrogens (tertiary/aromatic N) is 3. The molecule has 6 aromatic rings. The van der Waals surface area contributed by atoms with E-state index < -0.39 is 0 Å². The first-order valence-electron chi connectivity index (χ1n) is 12.1. The van der Waals surface area contributed by atoms with Gasteiger partial charge >= 0.3 is 0 Å². The van der Waals surface area contributed by atoms with Gasteiger partial charge in [-0.1, -0.05) is 24.3 Å². The molecule has 1 fully saturated rings. The van der Waals surface area contributed by atoms with E-state index in [9.17, 15) is 9.18 Å². The molecule has 1 saturated carbocycles. The number of halogens is 1. The number of hydrogen-bond donors (Lipinski definition) is 3. The predicted octanol–water partition coefficient (Wildman–Crippen LogP) is 6.32. The number of carbonyl (C=O) groups excluding carboxylic acids is 1. The van der Waals surface area contributed by atoms with Gasteiger partial charge in [-0.3, -0.25) is 14.9 Å². The van der Waals surface area contributed by atoms with Crippen LogP contribution in [0.5, 0.6) is 0 Å². The number of carbonyl (C=O) groups is 1. The van der Waals surface area contributed by atoms with Crippen LogP contribution in [0.25, 0.3) is 55.7 Å². The Morgan fingerprint density at radius 3 is 2.70 bits per heavy atom. The van der Waals surface area contributed by atoms with Gasteiger partial charge in [-0.05, 0) is 66.4 Å². The zero-order chi connectivity index (χ0) is 24.9. The maximum atomic E-state index is 13.9. The van der Waals surface area contributed by atoms with Gasteiger partial charge in [-0.25, -0.2) is 9.37 Å². The number of benzene rings is 2. The van der Waals surface area contributed by atoms with Crippen LogP contribution in [0.4, 0.5) is 10.1 Å². The van der Waals surface area contributed by atoms with Crippen LogP contribution in [-0.4, -0.2) is 31.1 Å². The molecule has 0 atom stereocenters. The van der Waals surface area contributed by atoms with Crippen molar-refractivity contribution in [3.8, 4) is 33.8 Å². The number of aromatic nitrogens is 5. The first kappa shape index (κ1) is 21.4. The maximum absolute atomic E-state index is 13.9. The summed E-state index contributed by atoms with van der Waals surface area (Å²) in [7, 11) is 0. The minimum Gasteiger partial charge on any atom is -0.353 e. The molecular weight excluding hydrogens is 467 g/mol. The third kappa shape index (κ3) is 3.92. The zero-order valence-corrected chi connectivity index (χ0v) is 19.6. The van der Waals surface area contributed by atoms with Crippen LogP contribution in [0.3, 0.4) is 0 Å². The fourth-order valence-corrected chi connectivity index (χ4v) is 4.68. The molecule has 8 heteroatoms. The first-order valence-corrected chi connectivity index (χ1v) is 12.1. The molecule has 0 bridgehead atoms. The van der Waals surface area contributed by atoms with E-state index in [1.165, 1.54) is 12.1 Å². The van der Waals surface area contributed by atoms with Crippen molar-refractivity contribution in [2.24, 2.45) is 5.92 Å². The molecule has 1 amide bonds. The van der Waals surface area contributed by atoms with E-state index in [0.29, 0.717) is 16.9 Å². The highest BCUT2D eigenvalue weighted by molar-refractivity contribution is 6.00. The van der Waals surface area contributed by atoms with Crippen LogP contribution < -0.4 is 5.32 Å². The van der Waals surface area contributed by atoms with Crippen molar-refractivity contribution >= 4 is 33.5 Å². The lowest BCUT2D eigenvalue weighted by atomic mass is 10.0. The Bertz CT molecular complexity index is 1820. The number of pyridine rings is 2. The average molecular weight is 489 g/mol. The van der Waals surface area contributed by atoms with Crippen molar-refractivity contribution < 1.29 is 9.18 Å². The third-order valence-electron chi connectivity index (χ3n) is 6.71. The molecule has 2 aromatic carbocycles. The zero-order valence-electron chi connectivity index (χ0n) is 19.6. The second kappa shape index (κ2) is 8.37. The molecule has 0 saturated heterocycles. The van der Waals surface area contributed by atoms with Crippen LogP contribution in [0, 0.1) is 11.7 Å². The monoisotopic (exact) mass is 488 g/mol. The summed E-state index contributed by atoms with van der Waals surface area (Å²) in [6.07, 6.45) is 5.26. The van der Waals surface area contributed by atoms with Gasteiger partial charge in [0, 0.05) is 28.6 Å².